The fraction of sp³-hybridized carbons (Fsp3) is 0.257. The van der Waals surface area contributed by atoms with E-state index in [1.807, 2.05) is 13.8 Å². The zero-order valence-corrected chi connectivity index (χ0v) is 28.5. The lowest BCUT2D eigenvalue weighted by Crippen LogP contribution is -2.53. The molecule has 0 radical (unpaired) electrons. The minimum Gasteiger partial charge on any atom is -0.354 e. The van der Waals surface area contributed by atoms with Gasteiger partial charge >= 0.3 is 6.18 Å². The van der Waals surface area contributed by atoms with Gasteiger partial charge in [-0.05, 0) is 59.5 Å². The van der Waals surface area contributed by atoms with E-state index in [0.717, 1.165) is 12.1 Å². The van der Waals surface area contributed by atoms with E-state index in [0.29, 0.717) is 33.1 Å². The lowest BCUT2D eigenvalue weighted by atomic mass is 10.0. The number of rotatable bonds is 13. The van der Waals surface area contributed by atoms with E-state index < -0.39 is 46.2 Å². The first-order chi connectivity index (χ1) is 22.7. The maximum atomic E-state index is 14.5. The van der Waals surface area contributed by atoms with Crippen molar-refractivity contribution in [3.05, 3.63) is 130 Å². The second kappa shape index (κ2) is 15.9. The number of benzene rings is 4. The van der Waals surface area contributed by atoms with E-state index in [-0.39, 0.29) is 34.5 Å². The number of nitrogens with zero attached hydrogens (tertiary/aromatic N) is 2. The molecule has 0 aliphatic heterocycles. The quantitative estimate of drug-likeness (QED) is 0.154. The van der Waals surface area contributed by atoms with E-state index in [1.54, 1.807) is 48.5 Å². The van der Waals surface area contributed by atoms with E-state index >= 15 is 0 Å². The van der Waals surface area contributed by atoms with Crippen LogP contribution in [-0.4, -0.2) is 44.3 Å². The van der Waals surface area contributed by atoms with Gasteiger partial charge in [0.15, 0.2) is 0 Å². The van der Waals surface area contributed by atoms with Gasteiger partial charge in [0, 0.05) is 29.6 Å². The summed E-state index contributed by atoms with van der Waals surface area (Å²) >= 11 is 12.6. The summed E-state index contributed by atoms with van der Waals surface area (Å²) in [6.45, 7) is 2.96. The second-order valence-electron chi connectivity index (χ2n) is 11.5. The molecular formula is C35H34Cl2F3N3O4S. The van der Waals surface area contributed by atoms with Gasteiger partial charge in [-0.1, -0.05) is 97.7 Å². The van der Waals surface area contributed by atoms with Crippen LogP contribution in [0.3, 0.4) is 0 Å². The first-order valence-corrected chi connectivity index (χ1v) is 17.2. The van der Waals surface area contributed by atoms with Crippen LogP contribution in [0.5, 0.6) is 0 Å². The van der Waals surface area contributed by atoms with Crippen molar-refractivity contribution >= 4 is 50.7 Å². The predicted octanol–water partition coefficient (Wildman–Crippen LogP) is 7.62. The van der Waals surface area contributed by atoms with Gasteiger partial charge in [0.1, 0.15) is 12.6 Å². The summed E-state index contributed by atoms with van der Waals surface area (Å²) in [7, 11) is -4.58. The number of nitrogens with one attached hydrogen (secondary N) is 1. The molecule has 1 unspecified atom stereocenters. The van der Waals surface area contributed by atoms with Crippen LogP contribution >= 0.6 is 23.2 Å². The smallest absolute Gasteiger partial charge is 0.354 e. The van der Waals surface area contributed by atoms with Crippen LogP contribution in [0, 0.1) is 5.92 Å². The Hall–Kier alpha value is -4.06. The molecular weight excluding hydrogens is 686 g/mol. The van der Waals surface area contributed by atoms with Crippen molar-refractivity contribution in [3.8, 4) is 0 Å². The molecule has 1 atom stereocenters. The number of carbonyl (C=O) groups is 2. The third-order valence-corrected chi connectivity index (χ3v) is 9.76. The number of halogens is 5. The van der Waals surface area contributed by atoms with Crippen LogP contribution in [-0.2, 0) is 38.8 Å². The molecule has 0 aliphatic rings. The standard InChI is InChI=1S/C35H34Cl2F3N3O4S/c1-24(2)21-41-34(45)32(18-25-10-5-3-6-11-25)42(22-26-16-17-28(36)20-31(26)37)33(44)23-43(48(46,47)30-14-7-4-8-15-30)29-13-9-12-27(19-29)35(38,39)40/h3-17,19-20,24,32H,18,21-23H2,1-2H3,(H,41,45). The summed E-state index contributed by atoms with van der Waals surface area (Å²) in [4.78, 5) is 29.3. The van der Waals surface area contributed by atoms with Crippen LogP contribution < -0.4 is 9.62 Å². The molecule has 0 saturated carbocycles. The van der Waals surface area contributed by atoms with Crippen molar-refractivity contribution in [2.75, 3.05) is 17.4 Å². The Kier molecular flexibility index (Phi) is 12.2. The molecule has 7 nitrogen and oxygen atoms in total. The van der Waals surface area contributed by atoms with Gasteiger partial charge in [-0.15, -0.1) is 0 Å². The first-order valence-electron chi connectivity index (χ1n) is 15.0. The van der Waals surface area contributed by atoms with Gasteiger partial charge in [0.05, 0.1) is 16.1 Å². The molecule has 4 aromatic carbocycles. The van der Waals surface area contributed by atoms with Gasteiger partial charge in [0.25, 0.3) is 10.0 Å². The summed E-state index contributed by atoms with van der Waals surface area (Å²) in [5.74, 6) is -1.27. The Morgan fingerprint density at radius 2 is 1.50 bits per heavy atom. The van der Waals surface area contributed by atoms with Crippen molar-refractivity contribution in [2.24, 2.45) is 5.92 Å². The lowest BCUT2D eigenvalue weighted by Gasteiger charge is -2.34. The van der Waals surface area contributed by atoms with E-state index in [2.05, 4.69) is 5.32 Å². The molecule has 254 valence electrons. The van der Waals surface area contributed by atoms with Gasteiger partial charge < -0.3 is 10.2 Å². The molecule has 0 heterocycles. The molecule has 48 heavy (non-hydrogen) atoms. The molecule has 1 N–H and O–H groups in total. The SMILES string of the molecule is CC(C)CNC(=O)C(Cc1ccccc1)N(Cc1ccc(Cl)cc1Cl)C(=O)CN(c1cccc(C(F)(F)F)c1)S(=O)(=O)c1ccccc1. The number of alkyl halides is 3. The Bertz CT molecular complexity index is 1830. The highest BCUT2D eigenvalue weighted by molar-refractivity contribution is 7.92. The highest BCUT2D eigenvalue weighted by atomic mass is 35.5. The number of carbonyl (C=O) groups excluding carboxylic acids is 2. The number of hydrogen-bond donors (Lipinski definition) is 1. The van der Waals surface area contributed by atoms with Crippen molar-refractivity contribution in [1.29, 1.82) is 0 Å². The van der Waals surface area contributed by atoms with Gasteiger partial charge in [-0.25, -0.2) is 8.42 Å². The second-order valence-corrected chi connectivity index (χ2v) is 14.2. The molecule has 13 heteroatoms. The van der Waals surface area contributed by atoms with Crippen molar-refractivity contribution in [2.45, 2.75) is 43.9 Å². The summed E-state index contributed by atoms with van der Waals surface area (Å²) in [6, 6.07) is 23.2. The summed E-state index contributed by atoms with van der Waals surface area (Å²) in [6.07, 6.45) is -4.73. The van der Waals surface area contributed by atoms with E-state index in [4.69, 9.17) is 23.2 Å². The third-order valence-electron chi connectivity index (χ3n) is 7.38. The molecule has 0 aliphatic carbocycles. The normalized spacial score (nSPS) is 12.4. The van der Waals surface area contributed by atoms with Gasteiger partial charge in [0.2, 0.25) is 11.8 Å². The topological polar surface area (TPSA) is 86.8 Å². The molecule has 4 rings (SSSR count). The van der Waals surface area contributed by atoms with E-state index in [1.165, 1.54) is 41.3 Å². The molecule has 0 aromatic heterocycles. The maximum absolute atomic E-state index is 14.5. The fourth-order valence-corrected chi connectivity index (χ4v) is 6.79. The Balaban J connectivity index is 1.85. The maximum Gasteiger partial charge on any atom is 0.416 e. The van der Waals surface area contributed by atoms with Crippen molar-refractivity contribution < 1.29 is 31.2 Å². The third kappa shape index (κ3) is 9.52. The van der Waals surface area contributed by atoms with Crippen LogP contribution in [0.25, 0.3) is 0 Å². The summed E-state index contributed by atoms with van der Waals surface area (Å²) in [5.41, 5.74) is -0.342. The highest BCUT2D eigenvalue weighted by Gasteiger charge is 2.36. The number of sulfonamides is 1. The number of anilines is 1. The predicted molar refractivity (Wildman–Crippen MR) is 181 cm³/mol. The lowest BCUT2D eigenvalue weighted by molar-refractivity contribution is -0.140. The zero-order chi connectivity index (χ0) is 35.1. The first kappa shape index (κ1) is 36.8. The minimum absolute atomic E-state index is 0.0523. The Morgan fingerprint density at radius 1 is 0.854 bits per heavy atom. The fourth-order valence-electron chi connectivity index (χ4n) is 4.90. The van der Waals surface area contributed by atoms with Crippen LogP contribution in [0.1, 0.15) is 30.5 Å². The zero-order valence-electron chi connectivity index (χ0n) is 26.1. The van der Waals surface area contributed by atoms with E-state index in [9.17, 15) is 31.2 Å². The summed E-state index contributed by atoms with van der Waals surface area (Å²) in [5, 5.41) is 3.41. The van der Waals surface area contributed by atoms with Crippen LogP contribution in [0.15, 0.2) is 108 Å². The van der Waals surface area contributed by atoms with Gasteiger partial charge in [-0.2, -0.15) is 13.2 Å². The summed E-state index contributed by atoms with van der Waals surface area (Å²) < 4.78 is 70.0. The van der Waals surface area contributed by atoms with Crippen molar-refractivity contribution in [3.63, 3.8) is 0 Å². The largest absolute Gasteiger partial charge is 0.416 e. The minimum atomic E-state index is -4.78. The van der Waals surface area contributed by atoms with Gasteiger partial charge in [-0.3, -0.25) is 13.9 Å². The molecule has 0 spiro atoms. The number of hydrogen-bond acceptors (Lipinski definition) is 4. The van der Waals surface area contributed by atoms with Crippen LogP contribution in [0.4, 0.5) is 18.9 Å². The molecule has 2 amide bonds. The monoisotopic (exact) mass is 719 g/mol. The Labute approximate surface area is 288 Å². The average Bonchev–Trinajstić information content (AvgIpc) is 3.05. The highest BCUT2D eigenvalue weighted by Crippen LogP contribution is 2.34. The molecule has 0 bridgehead atoms. The molecule has 0 fully saturated rings. The molecule has 4 aromatic rings. The number of amides is 2. The Morgan fingerprint density at radius 3 is 2.10 bits per heavy atom. The van der Waals surface area contributed by atoms with Crippen molar-refractivity contribution in [1.82, 2.24) is 10.2 Å². The average molecular weight is 721 g/mol. The molecule has 0 saturated heterocycles. The van der Waals surface area contributed by atoms with Crippen LogP contribution in [0.2, 0.25) is 10.0 Å².